The minimum Gasteiger partial charge on any atom is -0.348 e. The molecule has 0 spiro atoms. The summed E-state index contributed by atoms with van der Waals surface area (Å²) in [5.74, 6) is 0.461. The highest BCUT2D eigenvalue weighted by molar-refractivity contribution is 5.93. The number of anilines is 2. The van der Waals surface area contributed by atoms with Crippen LogP contribution in [0.15, 0.2) is 60.9 Å². The van der Waals surface area contributed by atoms with Crippen LogP contribution in [0.2, 0.25) is 0 Å². The normalized spacial score (nSPS) is 15.5. The lowest BCUT2D eigenvalue weighted by Crippen LogP contribution is -2.27. The summed E-state index contributed by atoms with van der Waals surface area (Å²) in [5.41, 5.74) is 5.17. The summed E-state index contributed by atoms with van der Waals surface area (Å²) in [5, 5.41) is 2.94. The van der Waals surface area contributed by atoms with Crippen molar-refractivity contribution in [3.63, 3.8) is 0 Å². The number of aromatic nitrogens is 2. The second-order valence-electron chi connectivity index (χ2n) is 6.93. The quantitative estimate of drug-likeness (QED) is 0.771. The smallest absolute Gasteiger partial charge is 0.254 e. The van der Waals surface area contributed by atoms with E-state index in [1.165, 1.54) is 5.56 Å². The number of carbonyl (C=O) groups excluding carboxylic acids is 1. The van der Waals surface area contributed by atoms with Crippen LogP contribution in [0.4, 0.5) is 11.6 Å². The van der Waals surface area contributed by atoms with E-state index in [0.717, 1.165) is 23.2 Å². The average Bonchev–Trinajstić information content (AvgIpc) is 3.03. The minimum absolute atomic E-state index is 0.167. The number of fused-ring (bicyclic) bond motifs is 1. The number of aryl methyl sites for hydroxylation is 1. The summed E-state index contributed by atoms with van der Waals surface area (Å²) < 4.78 is 0. The van der Waals surface area contributed by atoms with Crippen LogP contribution in [-0.2, 0) is 13.0 Å². The van der Waals surface area contributed by atoms with Crippen LogP contribution in [0.5, 0.6) is 0 Å². The van der Waals surface area contributed by atoms with Crippen LogP contribution >= 0.6 is 0 Å². The second kappa shape index (κ2) is 7.19. The summed E-state index contributed by atoms with van der Waals surface area (Å²) in [6.07, 6.45) is 4.17. The molecule has 3 aromatic rings. The molecule has 0 aliphatic carbocycles. The number of amides is 1. The number of benzene rings is 2. The maximum absolute atomic E-state index is 12.4. The molecule has 0 saturated carbocycles. The molecule has 1 aromatic heterocycles. The molecule has 1 amide bonds. The molecule has 2 aromatic carbocycles. The first-order valence-corrected chi connectivity index (χ1v) is 9.15. The van der Waals surface area contributed by atoms with Crippen LogP contribution in [0.3, 0.4) is 0 Å². The van der Waals surface area contributed by atoms with Gasteiger partial charge in [0.15, 0.2) is 0 Å². The Kier molecular flexibility index (Phi) is 4.59. The van der Waals surface area contributed by atoms with Gasteiger partial charge in [0.25, 0.3) is 5.91 Å². The Morgan fingerprint density at radius 3 is 2.59 bits per heavy atom. The van der Waals surface area contributed by atoms with E-state index in [-0.39, 0.29) is 5.91 Å². The van der Waals surface area contributed by atoms with Crippen molar-refractivity contribution in [2.75, 3.05) is 4.90 Å². The first kappa shape index (κ1) is 17.2. The zero-order valence-electron chi connectivity index (χ0n) is 15.5. The number of hydrogen-bond donors (Lipinski definition) is 1. The van der Waals surface area contributed by atoms with Gasteiger partial charge in [0, 0.05) is 30.7 Å². The summed E-state index contributed by atoms with van der Waals surface area (Å²) in [6, 6.07) is 16.6. The third-order valence-corrected chi connectivity index (χ3v) is 5.02. The lowest BCUT2D eigenvalue weighted by molar-refractivity contribution is 0.0950. The summed E-state index contributed by atoms with van der Waals surface area (Å²) in [6.45, 7) is 4.68. The van der Waals surface area contributed by atoms with E-state index < -0.39 is 0 Å². The van der Waals surface area contributed by atoms with Gasteiger partial charge in [-0.25, -0.2) is 9.97 Å². The Hall–Kier alpha value is -3.21. The number of nitrogens with zero attached hydrogens (tertiary/aromatic N) is 3. The third kappa shape index (κ3) is 3.40. The number of para-hydroxylation sites is 1. The number of carbonyl (C=O) groups is 1. The van der Waals surface area contributed by atoms with Crippen molar-refractivity contribution in [3.8, 4) is 0 Å². The lowest BCUT2D eigenvalue weighted by Gasteiger charge is -2.22. The van der Waals surface area contributed by atoms with Crippen molar-refractivity contribution in [1.29, 1.82) is 0 Å². The van der Waals surface area contributed by atoms with Gasteiger partial charge < -0.3 is 10.2 Å². The Labute approximate surface area is 159 Å². The standard InChI is InChI=1S/C22H22N4O/c1-15-7-3-4-9-18(15)12-23-21(27)19-13-24-22(25-14-19)26-16(2)11-17-8-5-6-10-20(17)26/h3-10,13-14,16H,11-12H2,1-2H3,(H,23,27). The van der Waals surface area contributed by atoms with Crippen LogP contribution in [-0.4, -0.2) is 21.9 Å². The number of rotatable bonds is 4. The van der Waals surface area contributed by atoms with Crippen molar-refractivity contribution in [3.05, 3.63) is 83.2 Å². The van der Waals surface area contributed by atoms with Gasteiger partial charge >= 0.3 is 0 Å². The van der Waals surface area contributed by atoms with Gasteiger partial charge in [-0.3, -0.25) is 4.79 Å². The maximum Gasteiger partial charge on any atom is 0.254 e. The van der Waals surface area contributed by atoms with E-state index >= 15 is 0 Å². The minimum atomic E-state index is -0.167. The molecular formula is C22H22N4O. The number of nitrogens with one attached hydrogen (secondary N) is 1. The zero-order chi connectivity index (χ0) is 18.8. The molecule has 5 heteroatoms. The maximum atomic E-state index is 12.4. The summed E-state index contributed by atoms with van der Waals surface area (Å²) >= 11 is 0. The lowest BCUT2D eigenvalue weighted by atomic mass is 10.1. The van der Waals surface area contributed by atoms with Crippen molar-refractivity contribution >= 4 is 17.5 Å². The number of hydrogen-bond acceptors (Lipinski definition) is 4. The Balaban J connectivity index is 1.48. The highest BCUT2D eigenvalue weighted by Gasteiger charge is 2.28. The van der Waals surface area contributed by atoms with Gasteiger partial charge in [-0.15, -0.1) is 0 Å². The van der Waals surface area contributed by atoms with E-state index in [0.29, 0.717) is 24.1 Å². The Bertz CT molecular complexity index is 968. The molecule has 1 N–H and O–H groups in total. The molecule has 27 heavy (non-hydrogen) atoms. The van der Waals surface area contributed by atoms with Gasteiger partial charge in [-0.1, -0.05) is 42.5 Å². The Morgan fingerprint density at radius 1 is 1.11 bits per heavy atom. The summed E-state index contributed by atoms with van der Waals surface area (Å²) in [7, 11) is 0. The van der Waals surface area contributed by atoms with E-state index in [9.17, 15) is 4.79 Å². The second-order valence-corrected chi connectivity index (χ2v) is 6.93. The van der Waals surface area contributed by atoms with E-state index in [1.54, 1.807) is 12.4 Å². The third-order valence-electron chi connectivity index (χ3n) is 5.02. The largest absolute Gasteiger partial charge is 0.348 e. The van der Waals surface area contributed by atoms with Crippen molar-refractivity contribution in [1.82, 2.24) is 15.3 Å². The monoisotopic (exact) mass is 358 g/mol. The predicted octanol–water partition coefficient (Wildman–Crippen LogP) is 3.80. The molecule has 4 rings (SSSR count). The predicted molar refractivity (Wildman–Crippen MR) is 106 cm³/mol. The van der Waals surface area contributed by atoms with Gasteiger partial charge in [-0.05, 0) is 43.0 Å². The van der Waals surface area contributed by atoms with Crippen LogP contribution in [0.25, 0.3) is 0 Å². The fraction of sp³-hybridized carbons (Fsp3) is 0.227. The molecule has 1 aliphatic rings. The van der Waals surface area contributed by atoms with Crippen molar-refractivity contribution < 1.29 is 4.79 Å². The molecule has 2 heterocycles. The molecule has 0 fully saturated rings. The van der Waals surface area contributed by atoms with Gasteiger partial charge in [0.05, 0.1) is 5.56 Å². The highest BCUT2D eigenvalue weighted by atomic mass is 16.1. The SMILES string of the molecule is Cc1ccccc1CNC(=O)c1cnc(N2c3ccccc3CC2C)nc1. The van der Waals surface area contributed by atoms with Crippen LogP contribution in [0, 0.1) is 6.92 Å². The molecule has 1 atom stereocenters. The first-order valence-electron chi connectivity index (χ1n) is 9.15. The van der Waals surface area contributed by atoms with Gasteiger partial charge in [0.1, 0.15) is 0 Å². The molecule has 1 aliphatic heterocycles. The van der Waals surface area contributed by atoms with E-state index in [1.807, 2.05) is 37.3 Å². The zero-order valence-corrected chi connectivity index (χ0v) is 15.5. The molecule has 136 valence electrons. The van der Waals surface area contributed by atoms with Crippen LogP contribution < -0.4 is 10.2 Å². The fourth-order valence-electron chi connectivity index (χ4n) is 3.52. The fourth-order valence-corrected chi connectivity index (χ4v) is 3.52. The molecule has 0 saturated heterocycles. The van der Waals surface area contributed by atoms with Crippen molar-refractivity contribution in [2.24, 2.45) is 0 Å². The summed E-state index contributed by atoms with van der Waals surface area (Å²) in [4.78, 5) is 23.5. The van der Waals surface area contributed by atoms with E-state index in [2.05, 4.69) is 45.3 Å². The molecule has 0 radical (unpaired) electrons. The molecule has 0 bridgehead atoms. The first-order chi connectivity index (χ1) is 13.1. The van der Waals surface area contributed by atoms with Gasteiger partial charge in [-0.2, -0.15) is 0 Å². The Morgan fingerprint density at radius 2 is 1.81 bits per heavy atom. The topological polar surface area (TPSA) is 58.1 Å². The van der Waals surface area contributed by atoms with Crippen molar-refractivity contribution in [2.45, 2.75) is 32.9 Å². The molecule has 1 unspecified atom stereocenters. The van der Waals surface area contributed by atoms with Gasteiger partial charge in [0.2, 0.25) is 5.95 Å². The highest BCUT2D eigenvalue weighted by Crippen LogP contribution is 2.36. The average molecular weight is 358 g/mol. The molecule has 5 nitrogen and oxygen atoms in total. The van der Waals surface area contributed by atoms with Crippen LogP contribution in [0.1, 0.15) is 34.0 Å². The molecular weight excluding hydrogens is 336 g/mol. The van der Waals surface area contributed by atoms with E-state index in [4.69, 9.17) is 0 Å².